The van der Waals surface area contributed by atoms with Crippen LogP contribution < -0.4 is 21.1 Å². The van der Waals surface area contributed by atoms with Gasteiger partial charge in [-0.1, -0.05) is 12.7 Å². The smallest absolute Gasteiger partial charge is 0.278 e. The molecule has 3 aromatic rings. The first-order chi connectivity index (χ1) is 12.9. The van der Waals surface area contributed by atoms with E-state index in [-0.39, 0.29) is 17.6 Å². The van der Waals surface area contributed by atoms with Gasteiger partial charge in [-0.05, 0) is 29.8 Å². The van der Waals surface area contributed by atoms with E-state index in [1.54, 1.807) is 39.9 Å². The Morgan fingerprint density at radius 2 is 2.26 bits per heavy atom. The molecule has 1 aliphatic rings. The molecule has 1 amide bonds. The third-order valence-corrected chi connectivity index (χ3v) is 5.36. The molecule has 6 nitrogen and oxygen atoms in total. The number of rotatable bonds is 2. The van der Waals surface area contributed by atoms with E-state index in [4.69, 9.17) is 17.3 Å². The molecule has 3 heterocycles. The van der Waals surface area contributed by atoms with E-state index in [0.717, 1.165) is 10.8 Å². The summed E-state index contributed by atoms with van der Waals surface area (Å²) in [6.07, 6.45) is 5.26. The zero-order chi connectivity index (χ0) is 19.3. The monoisotopic (exact) mass is 382 g/mol. The van der Waals surface area contributed by atoms with Gasteiger partial charge in [-0.3, -0.25) is 4.79 Å². The van der Waals surface area contributed by atoms with Gasteiger partial charge in [0, 0.05) is 47.7 Å². The highest BCUT2D eigenvalue weighted by atomic mass is 35.5. The molecule has 138 valence electrons. The fourth-order valence-electron chi connectivity index (χ4n) is 3.69. The zero-order valence-corrected chi connectivity index (χ0v) is 15.6. The van der Waals surface area contributed by atoms with Gasteiger partial charge in [0.05, 0.1) is 5.69 Å². The minimum Gasteiger partial charge on any atom is -0.507 e. The first-order valence-electron chi connectivity index (χ1n) is 8.57. The summed E-state index contributed by atoms with van der Waals surface area (Å²) < 4.78 is 1.72. The van der Waals surface area contributed by atoms with Crippen molar-refractivity contribution in [3.05, 3.63) is 52.3 Å². The number of aromatic hydroxyl groups is 1. The number of benzene rings is 1. The molecule has 0 bridgehead atoms. The number of carbonyl (C=O) groups excluding carboxylic acids is 1. The van der Waals surface area contributed by atoms with Gasteiger partial charge in [0.1, 0.15) is 17.1 Å². The van der Waals surface area contributed by atoms with Crippen LogP contribution in [0.2, 0.25) is 0 Å². The average Bonchev–Trinajstić information content (AvgIpc) is 3.23. The Kier molecular flexibility index (Phi) is 4.08. The van der Waals surface area contributed by atoms with Crippen LogP contribution in [0.25, 0.3) is 18.3 Å². The van der Waals surface area contributed by atoms with Crippen LogP contribution in [0.15, 0.2) is 30.6 Å². The van der Waals surface area contributed by atoms with E-state index >= 15 is 0 Å². The van der Waals surface area contributed by atoms with E-state index in [2.05, 4.69) is 11.6 Å². The number of alkyl halides is 1. The number of aromatic nitrogens is 2. The van der Waals surface area contributed by atoms with Gasteiger partial charge in [-0.25, -0.2) is 4.98 Å². The Morgan fingerprint density at radius 1 is 1.48 bits per heavy atom. The van der Waals surface area contributed by atoms with Crippen molar-refractivity contribution in [3.8, 4) is 5.75 Å². The maximum absolute atomic E-state index is 13.2. The second-order valence-corrected chi connectivity index (χ2v) is 6.94. The Morgan fingerprint density at radius 3 is 2.96 bits per heavy atom. The molecule has 3 N–H and O–H groups in total. The summed E-state index contributed by atoms with van der Waals surface area (Å²) in [7, 11) is 0. The highest BCUT2D eigenvalue weighted by Crippen LogP contribution is 2.36. The highest BCUT2D eigenvalue weighted by molar-refractivity contribution is 6.19. The van der Waals surface area contributed by atoms with Crippen LogP contribution in [-0.2, 0) is 0 Å². The van der Waals surface area contributed by atoms with Gasteiger partial charge < -0.3 is 20.1 Å². The van der Waals surface area contributed by atoms with Gasteiger partial charge in [-0.2, -0.15) is 0 Å². The molecule has 0 saturated heterocycles. The summed E-state index contributed by atoms with van der Waals surface area (Å²) in [5, 5.41) is 11.7. The van der Waals surface area contributed by atoms with Crippen LogP contribution >= 0.6 is 11.6 Å². The molecular weight excluding hydrogens is 364 g/mol. The van der Waals surface area contributed by atoms with E-state index in [9.17, 15) is 9.90 Å². The van der Waals surface area contributed by atoms with Crippen LogP contribution in [0.4, 0.5) is 11.4 Å². The fourth-order valence-corrected chi connectivity index (χ4v) is 3.95. The number of hydrogen-bond donors (Lipinski definition) is 2. The van der Waals surface area contributed by atoms with Crippen molar-refractivity contribution >= 4 is 47.2 Å². The number of hydrogen-bond acceptors (Lipinski definition) is 4. The number of fused-ring (bicyclic) bond motifs is 2. The van der Waals surface area contributed by atoms with E-state index in [1.165, 1.54) is 0 Å². The molecular formula is C20H19ClN4O2. The quantitative estimate of drug-likeness (QED) is 0.662. The molecule has 27 heavy (non-hydrogen) atoms. The lowest BCUT2D eigenvalue weighted by atomic mass is 9.99. The van der Waals surface area contributed by atoms with Gasteiger partial charge in [-0.15, -0.1) is 11.6 Å². The molecule has 0 spiro atoms. The van der Waals surface area contributed by atoms with Crippen LogP contribution in [0.5, 0.6) is 5.75 Å². The predicted molar refractivity (Wildman–Crippen MR) is 108 cm³/mol. The summed E-state index contributed by atoms with van der Waals surface area (Å²) in [4.78, 5) is 19.2. The Labute approximate surface area is 160 Å². The molecule has 1 aliphatic heterocycles. The molecule has 0 fully saturated rings. The Hall–Kier alpha value is -2.99. The molecule has 7 heteroatoms. The maximum Gasteiger partial charge on any atom is 0.278 e. The summed E-state index contributed by atoms with van der Waals surface area (Å²) >= 11 is 6.19. The topological polar surface area (TPSA) is 83.9 Å². The molecule has 0 saturated carbocycles. The molecule has 4 rings (SSSR count). The van der Waals surface area contributed by atoms with Crippen molar-refractivity contribution in [2.45, 2.75) is 12.8 Å². The molecule has 0 unspecified atom stereocenters. The zero-order valence-electron chi connectivity index (χ0n) is 14.8. The third-order valence-electron chi connectivity index (χ3n) is 4.99. The fraction of sp³-hybridized carbons (Fsp3) is 0.200. The number of pyridine rings is 1. The molecule has 1 aromatic carbocycles. The number of anilines is 2. The largest absolute Gasteiger partial charge is 0.507 e. The number of halogens is 1. The van der Waals surface area contributed by atoms with E-state index < -0.39 is 0 Å². The van der Waals surface area contributed by atoms with Crippen molar-refractivity contribution in [2.75, 3.05) is 23.1 Å². The van der Waals surface area contributed by atoms with Crippen LogP contribution in [-0.4, -0.2) is 32.8 Å². The number of phenols is 1. The Balaban J connectivity index is 1.85. The van der Waals surface area contributed by atoms with Crippen molar-refractivity contribution in [3.63, 3.8) is 0 Å². The first kappa shape index (κ1) is 17.4. The first-order valence-corrected chi connectivity index (χ1v) is 9.11. The lowest BCUT2D eigenvalue weighted by Gasteiger charge is -2.16. The number of nitrogens with two attached hydrogens (primary N) is 1. The number of nitrogen functional groups attached to an aromatic ring is 1. The van der Waals surface area contributed by atoms with E-state index in [0.29, 0.717) is 40.4 Å². The van der Waals surface area contributed by atoms with Crippen molar-refractivity contribution in [2.24, 2.45) is 0 Å². The number of nitrogens with zero attached hydrogens (tertiary/aromatic N) is 3. The van der Waals surface area contributed by atoms with Crippen molar-refractivity contribution in [1.29, 1.82) is 0 Å². The van der Waals surface area contributed by atoms with Gasteiger partial charge >= 0.3 is 0 Å². The van der Waals surface area contributed by atoms with Gasteiger partial charge in [0.15, 0.2) is 0 Å². The van der Waals surface area contributed by atoms with E-state index in [1.807, 2.05) is 13.0 Å². The average molecular weight is 383 g/mol. The second-order valence-electron chi connectivity index (χ2n) is 6.63. The van der Waals surface area contributed by atoms with Crippen molar-refractivity contribution < 1.29 is 9.90 Å². The standard InChI is InChI=1S/C20H19ClN4O2/c1-3-14-11(2)17(26)6-16-19(14)12(7-21)8-25(16)20(27)15-10-24-9-13(22)4-5-18(24)23-15/h3-6,9-10,12,26H,2,7-8,22H2,1H3/b14-3-/t12-/m1/s1. The van der Waals surface area contributed by atoms with Crippen molar-refractivity contribution in [1.82, 2.24) is 9.38 Å². The maximum atomic E-state index is 13.2. The normalized spacial score (nSPS) is 16.9. The lowest BCUT2D eigenvalue weighted by molar-refractivity contribution is 0.0984. The summed E-state index contributed by atoms with van der Waals surface area (Å²) in [6.45, 7) is 6.26. The molecule has 1 atom stereocenters. The number of amides is 1. The minimum atomic E-state index is -0.246. The van der Waals surface area contributed by atoms with Crippen LogP contribution in [0, 0.1) is 0 Å². The lowest BCUT2D eigenvalue weighted by Crippen LogP contribution is -2.30. The highest BCUT2D eigenvalue weighted by Gasteiger charge is 2.34. The number of imidazole rings is 1. The number of phenolic OH excluding ortho intramolecular Hbond substituents is 1. The summed E-state index contributed by atoms with van der Waals surface area (Å²) in [5.41, 5.74) is 8.92. The van der Waals surface area contributed by atoms with Crippen LogP contribution in [0.1, 0.15) is 28.9 Å². The second kappa shape index (κ2) is 6.32. The number of carbonyl (C=O) groups is 1. The third kappa shape index (κ3) is 2.64. The summed E-state index contributed by atoms with van der Waals surface area (Å²) in [6, 6.07) is 5.09. The Bertz CT molecular complexity index is 1180. The van der Waals surface area contributed by atoms with Crippen LogP contribution in [0.3, 0.4) is 0 Å². The van der Waals surface area contributed by atoms with Gasteiger partial charge in [0.25, 0.3) is 5.91 Å². The van der Waals surface area contributed by atoms with Gasteiger partial charge in [0.2, 0.25) is 0 Å². The summed E-state index contributed by atoms with van der Waals surface area (Å²) in [5.74, 6) is 0.136. The molecule has 2 aromatic heterocycles. The predicted octanol–water partition coefficient (Wildman–Crippen LogP) is 1.82. The minimum absolute atomic E-state index is 0.0365. The molecule has 0 aliphatic carbocycles. The SMILES string of the molecule is C=c1c(O)cc2c(/c1=C\C)[C@H](CCl)CN2C(=O)c1cn2cc(N)ccc2n1. The molecule has 0 radical (unpaired) electrons.